The molecular formula is C36H40FN3O5S. The van der Waals surface area contributed by atoms with Crippen LogP contribution in [0.3, 0.4) is 0 Å². The second-order valence-corrected chi connectivity index (χ2v) is 13.3. The van der Waals surface area contributed by atoms with E-state index in [9.17, 15) is 22.4 Å². The second kappa shape index (κ2) is 15.5. The molecule has 8 nitrogen and oxygen atoms in total. The first-order valence-corrected chi connectivity index (χ1v) is 16.5. The maximum atomic E-state index is 14.5. The highest BCUT2D eigenvalue weighted by Gasteiger charge is 2.35. The molecule has 0 heterocycles. The number of hydrogen-bond donors (Lipinski definition) is 1. The van der Waals surface area contributed by atoms with Crippen LogP contribution in [0.5, 0.6) is 5.75 Å². The van der Waals surface area contributed by atoms with E-state index in [0.717, 1.165) is 33.1 Å². The topological polar surface area (TPSA) is 96.0 Å². The molecule has 0 aliphatic carbocycles. The van der Waals surface area contributed by atoms with Crippen LogP contribution in [0.4, 0.5) is 10.1 Å². The number of carbonyl (C=O) groups excluding carboxylic acids is 2. The Morgan fingerprint density at radius 2 is 1.50 bits per heavy atom. The number of anilines is 1. The summed E-state index contributed by atoms with van der Waals surface area (Å²) in [6, 6.07) is 26.7. The molecule has 0 bridgehead atoms. The zero-order valence-corrected chi connectivity index (χ0v) is 27.3. The molecule has 10 heteroatoms. The molecule has 0 spiro atoms. The molecule has 1 N–H and O–H groups in total. The summed E-state index contributed by atoms with van der Waals surface area (Å²) in [6.07, 6.45) is 0.212. The van der Waals surface area contributed by atoms with E-state index in [1.807, 2.05) is 75.4 Å². The van der Waals surface area contributed by atoms with Crippen molar-refractivity contribution >= 4 is 27.5 Å². The molecule has 4 aromatic carbocycles. The Kier molecular flexibility index (Phi) is 11.5. The minimum atomic E-state index is -4.32. The van der Waals surface area contributed by atoms with Crippen molar-refractivity contribution in [3.63, 3.8) is 0 Å². The summed E-state index contributed by atoms with van der Waals surface area (Å²) >= 11 is 0. The molecule has 4 aromatic rings. The van der Waals surface area contributed by atoms with Gasteiger partial charge in [0.05, 0.1) is 17.7 Å². The standard InChI is InChI=1S/C36H40FN3O5S/c1-26(2)23-38-36(42)34(22-28-11-6-5-7-12-28)39(24-29-13-9-8-10-27(29)3)35(41)25-40(31-16-14-30(37)15-17-31)46(43,44)33-20-18-32(45-4)19-21-33/h5-21,26,34H,22-25H2,1-4H3,(H,38,42)/t34-/m0/s1. The van der Waals surface area contributed by atoms with Gasteiger partial charge in [0.2, 0.25) is 11.8 Å². The quantitative estimate of drug-likeness (QED) is 0.189. The van der Waals surface area contributed by atoms with E-state index in [4.69, 9.17) is 4.74 Å². The van der Waals surface area contributed by atoms with Gasteiger partial charge in [0.25, 0.3) is 10.0 Å². The normalized spacial score (nSPS) is 12.0. The molecular weight excluding hydrogens is 605 g/mol. The lowest BCUT2D eigenvalue weighted by Crippen LogP contribution is -2.53. The molecule has 0 unspecified atom stereocenters. The fourth-order valence-corrected chi connectivity index (χ4v) is 6.37. The van der Waals surface area contributed by atoms with Crippen molar-refractivity contribution in [1.82, 2.24) is 10.2 Å². The van der Waals surface area contributed by atoms with Crippen LogP contribution in [-0.2, 0) is 32.6 Å². The van der Waals surface area contributed by atoms with Gasteiger partial charge in [0, 0.05) is 19.5 Å². The molecule has 0 saturated carbocycles. The van der Waals surface area contributed by atoms with Gasteiger partial charge in [-0.3, -0.25) is 13.9 Å². The summed E-state index contributed by atoms with van der Waals surface area (Å²) in [7, 11) is -2.85. The molecule has 0 fully saturated rings. The number of benzene rings is 4. The molecule has 0 radical (unpaired) electrons. The van der Waals surface area contributed by atoms with E-state index in [1.165, 1.54) is 48.4 Å². The fraction of sp³-hybridized carbons (Fsp3) is 0.278. The summed E-state index contributed by atoms with van der Waals surface area (Å²) in [5.74, 6) is -0.853. The van der Waals surface area contributed by atoms with E-state index >= 15 is 0 Å². The number of sulfonamides is 1. The van der Waals surface area contributed by atoms with Crippen LogP contribution in [0, 0.1) is 18.7 Å². The highest BCUT2D eigenvalue weighted by atomic mass is 32.2. The van der Waals surface area contributed by atoms with Crippen LogP contribution in [0.2, 0.25) is 0 Å². The van der Waals surface area contributed by atoms with Gasteiger partial charge in [0.15, 0.2) is 0 Å². The van der Waals surface area contributed by atoms with Gasteiger partial charge in [-0.2, -0.15) is 0 Å². The zero-order chi connectivity index (χ0) is 33.3. The Balaban J connectivity index is 1.80. The van der Waals surface area contributed by atoms with Gasteiger partial charge < -0.3 is 15.0 Å². The molecule has 4 rings (SSSR count). The van der Waals surface area contributed by atoms with Crippen LogP contribution in [0.1, 0.15) is 30.5 Å². The van der Waals surface area contributed by atoms with Gasteiger partial charge in [-0.05, 0) is 78.1 Å². The lowest BCUT2D eigenvalue weighted by atomic mass is 10.0. The fourth-order valence-electron chi connectivity index (χ4n) is 4.96. The van der Waals surface area contributed by atoms with E-state index < -0.39 is 34.3 Å². The van der Waals surface area contributed by atoms with Crippen molar-refractivity contribution < 1.29 is 27.1 Å². The minimum absolute atomic E-state index is 0.0674. The monoisotopic (exact) mass is 645 g/mol. The van der Waals surface area contributed by atoms with Gasteiger partial charge in [-0.1, -0.05) is 68.4 Å². The maximum absolute atomic E-state index is 14.5. The molecule has 1 atom stereocenters. The van der Waals surface area contributed by atoms with Crippen molar-refractivity contribution in [1.29, 1.82) is 0 Å². The van der Waals surface area contributed by atoms with Crippen LogP contribution in [-0.4, -0.2) is 51.4 Å². The third kappa shape index (κ3) is 8.72. The highest BCUT2D eigenvalue weighted by Crippen LogP contribution is 2.27. The van der Waals surface area contributed by atoms with E-state index in [2.05, 4.69) is 5.32 Å². The Labute approximate surface area is 270 Å². The molecule has 242 valence electrons. The Hall–Kier alpha value is -4.70. The molecule has 0 aliphatic rings. The van der Waals surface area contributed by atoms with Crippen molar-refractivity contribution in [2.75, 3.05) is 24.5 Å². The Bertz CT molecular complexity index is 1710. The third-order valence-corrected chi connectivity index (χ3v) is 9.39. The Morgan fingerprint density at radius 1 is 0.870 bits per heavy atom. The smallest absolute Gasteiger partial charge is 0.264 e. The minimum Gasteiger partial charge on any atom is -0.497 e. The first kappa shape index (κ1) is 34.2. The number of hydrogen-bond acceptors (Lipinski definition) is 5. The van der Waals surface area contributed by atoms with Gasteiger partial charge in [-0.15, -0.1) is 0 Å². The number of methoxy groups -OCH3 is 1. The first-order chi connectivity index (χ1) is 22.0. The number of halogens is 1. The number of ether oxygens (including phenoxy) is 1. The SMILES string of the molecule is COc1ccc(S(=O)(=O)N(CC(=O)N(Cc2ccccc2C)[C@@H](Cc2ccccc2)C(=O)NCC(C)C)c2ccc(F)cc2)cc1. The zero-order valence-electron chi connectivity index (χ0n) is 26.5. The number of rotatable bonds is 14. The van der Waals surface area contributed by atoms with E-state index in [1.54, 1.807) is 0 Å². The highest BCUT2D eigenvalue weighted by molar-refractivity contribution is 7.92. The Morgan fingerprint density at radius 3 is 2.11 bits per heavy atom. The van der Waals surface area contributed by atoms with Gasteiger partial charge in [-0.25, -0.2) is 12.8 Å². The van der Waals surface area contributed by atoms with Crippen molar-refractivity contribution in [2.24, 2.45) is 5.92 Å². The number of carbonyl (C=O) groups is 2. The predicted molar refractivity (Wildman–Crippen MR) is 177 cm³/mol. The summed E-state index contributed by atoms with van der Waals surface area (Å²) in [4.78, 5) is 29.7. The molecule has 2 amide bonds. The summed E-state index contributed by atoms with van der Waals surface area (Å²) in [5.41, 5.74) is 2.68. The summed E-state index contributed by atoms with van der Waals surface area (Å²) in [5, 5.41) is 2.98. The van der Waals surface area contributed by atoms with E-state index in [0.29, 0.717) is 12.3 Å². The van der Waals surface area contributed by atoms with Crippen LogP contribution >= 0.6 is 0 Å². The molecule has 46 heavy (non-hydrogen) atoms. The average Bonchev–Trinajstić information content (AvgIpc) is 3.05. The first-order valence-electron chi connectivity index (χ1n) is 15.1. The predicted octanol–water partition coefficient (Wildman–Crippen LogP) is 5.75. The van der Waals surface area contributed by atoms with Gasteiger partial charge >= 0.3 is 0 Å². The summed E-state index contributed by atoms with van der Waals surface area (Å²) < 4.78 is 48.3. The summed E-state index contributed by atoms with van der Waals surface area (Å²) in [6.45, 7) is 5.72. The number of nitrogens with zero attached hydrogens (tertiary/aromatic N) is 2. The third-order valence-electron chi connectivity index (χ3n) is 7.60. The number of amides is 2. The number of aryl methyl sites for hydroxylation is 1. The van der Waals surface area contributed by atoms with Crippen molar-refractivity contribution in [2.45, 2.75) is 44.7 Å². The van der Waals surface area contributed by atoms with Crippen LogP contribution in [0.25, 0.3) is 0 Å². The van der Waals surface area contributed by atoms with Crippen LogP contribution < -0.4 is 14.4 Å². The lowest BCUT2D eigenvalue weighted by molar-refractivity contribution is -0.140. The maximum Gasteiger partial charge on any atom is 0.264 e. The molecule has 0 aromatic heterocycles. The van der Waals surface area contributed by atoms with Gasteiger partial charge in [0.1, 0.15) is 24.2 Å². The van der Waals surface area contributed by atoms with E-state index in [-0.39, 0.29) is 35.4 Å². The molecule has 0 aliphatic heterocycles. The molecule has 0 saturated heterocycles. The van der Waals surface area contributed by atoms with Crippen molar-refractivity contribution in [3.8, 4) is 5.75 Å². The van der Waals surface area contributed by atoms with Crippen LogP contribution in [0.15, 0.2) is 108 Å². The van der Waals surface area contributed by atoms with Crippen molar-refractivity contribution in [3.05, 3.63) is 126 Å². The average molecular weight is 646 g/mol. The number of nitrogens with one attached hydrogen (secondary N) is 1. The largest absolute Gasteiger partial charge is 0.497 e. The second-order valence-electron chi connectivity index (χ2n) is 11.5. The lowest BCUT2D eigenvalue weighted by Gasteiger charge is -2.34.